The van der Waals surface area contributed by atoms with E-state index in [0.29, 0.717) is 17.9 Å². The van der Waals surface area contributed by atoms with Crippen LogP contribution in [0, 0.1) is 15.9 Å². The third-order valence-electron chi connectivity index (χ3n) is 6.87. The first kappa shape index (κ1) is 22.0. The van der Waals surface area contributed by atoms with E-state index in [1.54, 1.807) is 18.2 Å². The molecule has 0 saturated carbocycles. The molecule has 0 amide bonds. The van der Waals surface area contributed by atoms with Crippen LogP contribution in [0.5, 0.6) is 11.5 Å². The van der Waals surface area contributed by atoms with E-state index in [-0.39, 0.29) is 22.7 Å². The van der Waals surface area contributed by atoms with Gasteiger partial charge in [-0.2, -0.15) is 0 Å². The molecule has 0 aliphatic carbocycles. The Bertz CT molecular complexity index is 1340. The number of rotatable bonds is 4. The monoisotopic (exact) mass is 456 g/mol. The number of methoxy groups -OCH3 is 1. The minimum Gasteiger partial charge on any atom is -0.493 e. The van der Waals surface area contributed by atoms with Crippen LogP contribution in [0.1, 0.15) is 30.5 Å². The highest BCUT2D eigenvalue weighted by molar-refractivity contribution is 6.37. The number of halogens is 1. The highest BCUT2D eigenvalue weighted by Gasteiger charge is 2.59. The Labute approximate surface area is 198 Å². The van der Waals surface area contributed by atoms with E-state index in [1.807, 2.05) is 24.3 Å². The van der Waals surface area contributed by atoms with Crippen LogP contribution >= 0.6 is 0 Å². The molecule has 3 aromatic rings. The van der Waals surface area contributed by atoms with E-state index < -0.39 is 16.1 Å². The number of nitro groups is 1. The van der Waals surface area contributed by atoms with Gasteiger partial charge in [-0.1, -0.05) is 30.3 Å². The molecule has 3 aromatic carbocycles. The Morgan fingerprint density at radius 2 is 1.88 bits per heavy atom. The van der Waals surface area contributed by atoms with Gasteiger partial charge in [-0.3, -0.25) is 10.1 Å². The summed E-state index contributed by atoms with van der Waals surface area (Å²) >= 11 is 0. The zero-order valence-electron chi connectivity index (χ0n) is 19.0. The maximum absolute atomic E-state index is 13.6. The first-order valence-corrected chi connectivity index (χ1v) is 10.8. The molecular weight excluding hydrogens is 434 g/mol. The number of hydrogen-bond donors (Lipinski definition) is 0. The molecule has 170 valence electrons. The topological polar surface area (TPSA) is 64.8 Å². The average molecular weight is 456 g/mol. The molecule has 8 heteroatoms. The largest absolute Gasteiger partial charge is 0.493 e. The summed E-state index contributed by atoms with van der Waals surface area (Å²) in [6.45, 7) is 4.63. The van der Waals surface area contributed by atoms with Crippen LogP contribution in [0.3, 0.4) is 0 Å². The first-order chi connectivity index (χ1) is 16.2. The summed E-state index contributed by atoms with van der Waals surface area (Å²) < 4.78 is 25.8. The molecule has 0 N–H and O–H groups in total. The number of benzene rings is 3. The molecule has 2 aliphatic rings. The van der Waals surface area contributed by atoms with E-state index in [1.165, 1.54) is 25.3 Å². The maximum atomic E-state index is 13.6. The molecule has 0 bridgehead atoms. The Balaban J connectivity index is 1.70. The Hall–Kier alpha value is -3.81. The van der Waals surface area contributed by atoms with Crippen molar-refractivity contribution in [3.8, 4) is 11.5 Å². The first-order valence-electron chi connectivity index (χ1n) is 10.8. The van der Waals surface area contributed by atoms with Crippen LogP contribution in [0.2, 0.25) is 0 Å². The standard InChI is InChI=1S/C26H22BFN2O4/c1-25(2)19-6-4-5-7-20(19)29(15-16-8-10-17(28)11-9-16)26(25)13-12-18-23(27)21(30(31)32)14-22(33-3)24(18)34-26/h4-14H,15H2,1-3H3. The molecule has 1 unspecified atom stereocenters. The fourth-order valence-corrected chi connectivity index (χ4v) is 5.02. The Morgan fingerprint density at radius 3 is 2.56 bits per heavy atom. The highest BCUT2D eigenvalue weighted by Crippen LogP contribution is 2.56. The molecular formula is C26H22BFN2O4. The minimum atomic E-state index is -0.992. The fourth-order valence-electron chi connectivity index (χ4n) is 5.02. The number of anilines is 1. The van der Waals surface area contributed by atoms with Crippen molar-refractivity contribution in [1.29, 1.82) is 0 Å². The van der Waals surface area contributed by atoms with E-state index in [4.69, 9.17) is 17.3 Å². The molecule has 1 spiro atoms. The van der Waals surface area contributed by atoms with Gasteiger partial charge in [0.25, 0.3) is 5.69 Å². The Morgan fingerprint density at radius 1 is 1.18 bits per heavy atom. The second-order valence-electron chi connectivity index (χ2n) is 9.00. The lowest BCUT2D eigenvalue weighted by Crippen LogP contribution is -2.59. The lowest BCUT2D eigenvalue weighted by molar-refractivity contribution is -0.383. The summed E-state index contributed by atoms with van der Waals surface area (Å²) in [5.41, 5.74) is 1.64. The van der Waals surface area contributed by atoms with Crippen LogP contribution in [0.25, 0.3) is 6.08 Å². The van der Waals surface area contributed by atoms with E-state index in [2.05, 4.69) is 24.8 Å². The molecule has 0 saturated heterocycles. The third kappa shape index (κ3) is 3.01. The number of hydrogen-bond acceptors (Lipinski definition) is 5. The van der Waals surface area contributed by atoms with E-state index >= 15 is 0 Å². The summed E-state index contributed by atoms with van der Waals surface area (Å²) in [5, 5.41) is 11.5. The molecule has 2 heterocycles. The van der Waals surface area contributed by atoms with Crippen molar-refractivity contribution in [1.82, 2.24) is 0 Å². The number of nitrogens with zero attached hydrogens (tertiary/aromatic N) is 2. The van der Waals surface area contributed by atoms with Gasteiger partial charge in [-0.15, -0.1) is 0 Å². The maximum Gasteiger partial charge on any atom is 0.266 e. The van der Waals surface area contributed by atoms with Crippen LogP contribution in [-0.4, -0.2) is 25.6 Å². The van der Waals surface area contributed by atoms with Gasteiger partial charge in [0.15, 0.2) is 11.5 Å². The van der Waals surface area contributed by atoms with E-state index in [0.717, 1.165) is 16.8 Å². The van der Waals surface area contributed by atoms with Gasteiger partial charge in [-0.05, 0) is 60.8 Å². The second-order valence-corrected chi connectivity index (χ2v) is 9.00. The summed E-state index contributed by atoms with van der Waals surface area (Å²) in [4.78, 5) is 13.1. The molecule has 2 radical (unpaired) electrons. The van der Waals surface area contributed by atoms with Crippen molar-refractivity contribution >= 4 is 30.8 Å². The molecule has 0 aromatic heterocycles. The van der Waals surface area contributed by atoms with Crippen molar-refractivity contribution in [2.75, 3.05) is 12.0 Å². The van der Waals surface area contributed by atoms with E-state index in [9.17, 15) is 14.5 Å². The molecule has 34 heavy (non-hydrogen) atoms. The summed E-state index contributed by atoms with van der Waals surface area (Å²) in [7, 11) is 7.60. The SMILES string of the molecule is [B]c1c([N+](=O)[O-])cc(OC)c2c1C=CC1(O2)N(Cc2ccc(F)cc2)c2ccccc2C1(C)C. The smallest absolute Gasteiger partial charge is 0.266 e. The fraction of sp³-hybridized carbons (Fsp3) is 0.231. The number of para-hydroxylation sites is 1. The minimum absolute atomic E-state index is 0.0188. The lowest BCUT2D eigenvalue weighted by Gasteiger charge is -2.47. The van der Waals surface area contributed by atoms with Crippen molar-refractivity contribution < 1.29 is 18.8 Å². The van der Waals surface area contributed by atoms with Gasteiger partial charge >= 0.3 is 0 Å². The molecule has 6 nitrogen and oxygen atoms in total. The lowest BCUT2D eigenvalue weighted by atomic mass is 9.75. The highest BCUT2D eigenvalue weighted by atomic mass is 19.1. The predicted octanol–water partition coefficient (Wildman–Crippen LogP) is 4.64. The Kier molecular flexibility index (Phi) is 4.93. The van der Waals surface area contributed by atoms with Crippen LogP contribution < -0.4 is 19.8 Å². The molecule has 5 rings (SSSR count). The molecule has 2 aliphatic heterocycles. The quantitative estimate of drug-likeness (QED) is 0.325. The normalized spacial score (nSPS) is 19.5. The van der Waals surface area contributed by atoms with Crippen molar-refractivity contribution in [2.45, 2.75) is 31.5 Å². The van der Waals surface area contributed by atoms with Gasteiger partial charge in [0.05, 0.1) is 23.5 Å². The predicted molar refractivity (Wildman–Crippen MR) is 129 cm³/mol. The zero-order valence-corrected chi connectivity index (χ0v) is 19.0. The van der Waals surface area contributed by atoms with Gasteiger partial charge < -0.3 is 14.4 Å². The van der Waals surface area contributed by atoms with Gasteiger partial charge in [0, 0.05) is 17.8 Å². The summed E-state index contributed by atoms with van der Waals surface area (Å²) in [5.74, 6) is 0.274. The number of nitro benzene ring substituents is 1. The van der Waals surface area contributed by atoms with Crippen LogP contribution in [0.15, 0.2) is 60.7 Å². The van der Waals surface area contributed by atoms with Gasteiger partial charge in [0.2, 0.25) is 5.72 Å². The summed E-state index contributed by atoms with van der Waals surface area (Å²) in [6, 6.07) is 15.7. The van der Waals surface area contributed by atoms with Crippen molar-refractivity contribution in [3.63, 3.8) is 0 Å². The summed E-state index contributed by atoms with van der Waals surface area (Å²) in [6.07, 6.45) is 3.67. The van der Waals surface area contributed by atoms with Crippen molar-refractivity contribution in [2.24, 2.45) is 0 Å². The van der Waals surface area contributed by atoms with Gasteiger partial charge in [-0.25, -0.2) is 4.39 Å². The number of fused-ring (bicyclic) bond motifs is 2. The van der Waals surface area contributed by atoms with Crippen LogP contribution in [0.4, 0.5) is 15.8 Å². The average Bonchev–Trinajstić information content (AvgIpc) is 2.99. The van der Waals surface area contributed by atoms with Crippen LogP contribution in [-0.2, 0) is 12.0 Å². The molecule has 0 fully saturated rings. The molecule has 1 atom stereocenters. The van der Waals surface area contributed by atoms with Crippen molar-refractivity contribution in [3.05, 3.63) is 93.3 Å². The third-order valence-corrected chi connectivity index (χ3v) is 6.87. The number of ether oxygens (including phenoxy) is 2. The van der Waals surface area contributed by atoms with Gasteiger partial charge in [0.1, 0.15) is 13.7 Å². The second kappa shape index (κ2) is 7.62. The zero-order chi connectivity index (χ0) is 24.3.